The van der Waals surface area contributed by atoms with Crippen LogP contribution in [-0.4, -0.2) is 30.3 Å². The number of aromatic nitrogens is 5. The Bertz CT molecular complexity index is 1170. The minimum absolute atomic E-state index is 0.207. The molecule has 2 aromatic carbocycles. The number of carbonyl (C=O) groups excluding carboxylic acids is 1. The topological polar surface area (TPSA) is 85.6 Å². The Morgan fingerprint density at radius 2 is 1.96 bits per heavy atom. The molecule has 1 amide bonds. The van der Waals surface area contributed by atoms with E-state index in [0.29, 0.717) is 16.6 Å². The van der Waals surface area contributed by atoms with E-state index in [0.717, 1.165) is 34.5 Å². The summed E-state index contributed by atoms with van der Waals surface area (Å²) in [7, 11) is 0. The van der Waals surface area contributed by atoms with E-state index in [1.807, 2.05) is 38.1 Å². The molecule has 4 rings (SSSR count). The van der Waals surface area contributed by atoms with Gasteiger partial charge >= 0.3 is 0 Å². The first kappa shape index (κ1) is 17.9. The van der Waals surface area contributed by atoms with Gasteiger partial charge in [-0.05, 0) is 43.7 Å². The van der Waals surface area contributed by atoms with Gasteiger partial charge in [-0.1, -0.05) is 29.5 Å². The first-order chi connectivity index (χ1) is 13.5. The molecule has 4 aromatic rings. The third kappa shape index (κ3) is 3.39. The maximum Gasteiger partial charge on any atom is 0.257 e. The van der Waals surface area contributed by atoms with E-state index in [1.165, 1.54) is 18.2 Å². The molecule has 0 fully saturated rings. The standard InChI is InChI=1S/C19H15FN6OS/c1-11-6-3-4-9-15(11)26-12(2)16(23-25-26)17-21-19(28-24-17)22-18(27)13-7-5-8-14(20)10-13/h3-10H,1-2H3,(H,21,22,24,27). The van der Waals surface area contributed by atoms with E-state index < -0.39 is 11.7 Å². The van der Waals surface area contributed by atoms with Crippen molar-refractivity contribution < 1.29 is 9.18 Å². The Hall–Kier alpha value is -3.46. The lowest BCUT2D eigenvalue weighted by molar-refractivity contribution is 0.102. The van der Waals surface area contributed by atoms with Crippen LogP contribution < -0.4 is 5.32 Å². The molecule has 9 heteroatoms. The van der Waals surface area contributed by atoms with Crippen molar-refractivity contribution in [2.45, 2.75) is 13.8 Å². The number of rotatable bonds is 4. The summed E-state index contributed by atoms with van der Waals surface area (Å²) in [5.74, 6) is -0.562. The predicted molar refractivity (Wildman–Crippen MR) is 104 cm³/mol. The van der Waals surface area contributed by atoms with Crippen molar-refractivity contribution in [3.05, 3.63) is 71.2 Å². The lowest BCUT2D eigenvalue weighted by atomic mass is 10.2. The molecule has 0 spiro atoms. The lowest BCUT2D eigenvalue weighted by Gasteiger charge is -2.06. The zero-order chi connectivity index (χ0) is 19.7. The number of hydrogen-bond acceptors (Lipinski definition) is 6. The third-order valence-corrected chi connectivity index (χ3v) is 4.81. The van der Waals surface area contributed by atoms with Crippen molar-refractivity contribution in [2.24, 2.45) is 0 Å². The summed E-state index contributed by atoms with van der Waals surface area (Å²) in [4.78, 5) is 16.6. The summed E-state index contributed by atoms with van der Waals surface area (Å²) in [5.41, 5.74) is 3.52. The maximum absolute atomic E-state index is 13.3. The molecule has 0 unspecified atom stereocenters. The van der Waals surface area contributed by atoms with Gasteiger partial charge in [0.05, 0.1) is 11.4 Å². The van der Waals surface area contributed by atoms with E-state index in [9.17, 15) is 9.18 Å². The summed E-state index contributed by atoms with van der Waals surface area (Å²) < 4.78 is 19.3. The van der Waals surface area contributed by atoms with Crippen LogP contribution in [0.25, 0.3) is 17.2 Å². The van der Waals surface area contributed by atoms with Crippen LogP contribution in [0.4, 0.5) is 9.52 Å². The molecule has 28 heavy (non-hydrogen) atoms. The number of amides is 1. The first-order valence-electron chi connectivity index (χ1n) is 8.42. The molecule has 2 heterocycles. The third-order valence-electron chi connectivity index (χ3n) is 4.18. The Morgan fingerprint density at radius 3 is 2.75 bits per heavy atom. The second-order valence-electron chi connectivity index (χ2n) is 6.11. The van der Waals surface area contributed by atoms with Crippen molar-refractivity contribution in [2.75, 3.05) is 5.32 Å². The van der Waals surface area contributed by atoms with E-state index in [1.54, 1.807) is 4.68 Å². The molecule has 0 aliphatic carbocycles. The molecule has 1 N–H and O–H groups in total. The number of nitrogens with one attached hydrogen (secondary N) is 1. The average Bonchev–Trinajstić information content (AvgIpc) is 3.28. The Balaban J connectivity index is 1.58. The molecule has 0 aliphatic heterocycles. The molecular weight excluding hydrogens is 379 g/mol. The molecule has 0 aliphatic rings. The number of halogens is 1. The number of carbonyl (C=O) groups is 1. The molecule has 0 atom stereocenters. The largest absolute Gasteiger partial charge is 0.297 e. The second-order valence-corrected chi connectivity index (χ2v) is 6.86. The number of para-hydroxylation sites is 1. The summed E-state index contributed by atoms with van der Waals surface area (Å²) in [6, 6.07) is 13.3. The van der Waals surface area contributed by atoms with E-state index in [4.69, 9.17) is 0 Å². The van der Waals surface area contributed by atoms with Gasteiger partial charge in [0, 0.05) is 17.1 Å². The van der Waals surface area contributed by atoms with E-state index in [-0.39, 0.29) is 5.56 Å². The van der Waals surface area contributed by atoms with Crippen molar-refractivity contribution in [3.63, 3.8) is 0 Å². The molecule has 0 saturated heterocycles. The Labute approximate surface area is 164 Å². The highest BCUT2D eigenvalue weighted by Crippen LogP contribution is 2.25. The van der Waals surface area contributed by atoms with E-state index in [2.05, 4.69) is 25.0 Å². The minimum atomic E-state index is -0.478. The number of nitrogens with zero attached hydrogens (tertiary/aromatic N) is 5. The normalized spacial score (nSPS) is 10.8. The van der Waals surface area contributed by atoms with Gasteiger partial charge in [0.2, 0.25) is 5.13 Å². The van der Waals surface area contributed by atoms with Crippen LogP contribution in [0.15, 0.2) is 48.5 Å². The number of aryl methyl sites for hydroxylation is 1. The summed E-state index contributed by atoms with van der Waals surface area (Å²) in [6.07, 6.45) is 0. The van der Waals surface area contributed by atoms with Crippen LogP contribution >= 0.6 is 11.5 Å². The zero-order valence-electron chi connectivity index (χ0n) is 15.0. The van der Waals surface area contributed by atoms with Gasteiger partial charge in [0.25, 0.3) is 5.91 Å². The first-order valence-corrected chi connectivity index (χ1v) is 9.19. The van der Waals surface area contributed by atoms with Crippen LogP contribution in [0.3, 0.4) is 0 Å². The molecule has 140 valence electrons. The van der Waals surface area contributed by atoms with Crippen LogP contribution in [0.5, 0.6) is 0 Å². The monoisotopic (exact) mass is 394 g/mol. The van der Waals surface area contributed by atoms with Crippen LogP contribution in [0.2, 0.25) is 0 Å². The van der Waals surface area contributed by atoms with Gasteiger partial charge in [0.15, 0.2) is 11.5 Å². The molecule has 2 aromatic heterocycles. The van der Waals surface area contributed by atoms with Crippen LogP contribution in [0.1, 0.15) is 21.6 Å². The quantitative estimate of drug-likeness (QED) is 0.569. The number of benzene rings is 2. The zero-order valence-corrected chi connectivity index (χ0v) is 15.9. The van der Waals surface area contributed by atoms with Crippen LogP contribution in [0, 0.1) is 19.7 Å². The number of anilines is 1. The van der Waals surface area contributed by atoms with Gasteiger partial charge in [-0.3, -0.25) is 10.1 Å². The Morgan fingerprint density at radius 1 is 1.14 bits per heavy atom. The second kappa shape index (κ2) is 7.28. The Kier molecular flexibility index (Phi) is 4.66. The minimum Gasteiger partial charge on any atom is -0.297 e. The van der Waals surface area contributed by atoms with Gasteiger partial charge in [-0.25, -0.2) is 9.07 Å². The highest BCUT2D eigenvalue weighted by molar-refractivity contribution is 7.10. The molecular formula is C19H15FN6OS. The fourth-order valence-electron chi connectivity index (χ4n) is 2.74. The highest BCUT2D eigenvalue weighted by atomic mass is 32.1. The fraction of sp³-hybridized carbons (Fsp3) is 0.105. The van der Waals surface area contributed by atoms with Gasteiger partial charge in [-0.2, -0.15) is 9.36 Å². The summed E-state index contributed by atoms with van der Waals surface area (Å²) >= 11 is 1.02. The van der Waals surface area contributed by atoms with Crippen molar-refractivity contribution in [1.82, 2.24) is 24.4 Å². The van der Waals surface area contributed by atoms with Crippen molar-refractivity contribution >= 4 is 22.6 Å². The average molecular weight is 394 g/mol. The van der Waals surface area contributed by atoms with Crippen molar-refractivity contribution in [1.29, 1.82) is 0 Å². The predicted octanol–water partition coefficient (Wildman–Crippen LogP) is 3.79. The van der Waals surface area contributed by atoms with Gasteiger partial charge in [0.1, 0.15) is 5.82 Å². The fourth-order valence-corrected chi connectivity index (χ4v) is 3.30. The molecule has 0 saturated carbocycles. The molecule has 0 bridgehead atoms. The summed E-state index contributed by atoms with van der Waals surface area (Å²) in [6.45, 7) is 3.88. The SMILES string of the molecule is Cc1ccccc1-n1nnc(-c2nsc(NC(=O)c3cccc(F)c3)n2)c1C. The molecule has 7 nitrogen and oxygen atoms in total. The molecule has 0 radical (unpaired) electrons. The maximum atomic E-state index is 13.3. The van der Waals surface area contributed by atoms with Crippen LogP contribution in [-0.2, 0) is 0 Å². The van der Waals surface area contributed by atoms with E-state index >= 15 is 0 Å². The van der Waals surface area contributed by atoms with Crippen molar-refractivity contribution in [3.8, 4) is 17.2 Å². The van der Waals surface area contributed by atoms with Gasteiger partial charge < -0.3 is 0 Å². The summed E-state index contributed by atoms with van der Waals surface area (Å²) in [5, 5.41) is 11.3. The lowest BCUT2D eigenvalue weighted by Crippen LogP contribution is -2.11. The number of hydrogen-bond donors (Lipinski definition) is 1. The smallest absolute Gasteiger partial charge is 0.257 e. The van der Waals surface area contributed by atoms with Gasteiger partial charge in [-0.15, -0.1) is 5.10 Å². The highest BCUT2D eigenvalue weighted by Gasteiger charge is 2.18.